The van der Waals surface area contributed by atoms with Crippen molar-refractivity contribution in [3.05, 3.63) is 48.2 Å². The number of hydrogen-bond donors (Lipinski definition) is 1. The zero-order valence-corrected chi connectivity index (χ0v) is 16.0. The Hall–Kier alpha value is -2.01. The first kappa shape index (κ1) is 22.0. The topological polar surface area (TPSA) is 29.1 Å². The summed E-state index contributed by atoms with van der Waals surface area (Å²) in [5, 5.41) is 3.22. The van der Waals surface area contributed by atoms with E-state index in [-0.39, 0.29) is 11.2 Å². The molecule has 0 heterocycles. The van der Waals surface area contributed by atoms with E-state index in [0.717, 1.165) is 25.7 Å². The van der Waals surface area contributed by atoms with Gasteiger partial charge in [-0.15, -0.1) is 5.92 Å². The molecule has 0 atom stereocenters. The molecule has 2 heteroatoms. The van der Waals surface area contributed by atoms with Crippen LogP contribution in [0, 0.1) is 17.3 Å². The second-order valence-electron chi connectivity index (χ2n) is 6.35. The van der Waals surface area contributed by atoms with E-state index in [4.69, 9.17) is 0 Å². The van der Waals surface area contributed by atoms with Gasteiger partial charge in [0.05, 0.1) is 12.2 Å². The van der Waals surface area contributed by atoms with Crippen LogP contribution in [0.4, 0.5) is 0 Å². The first-order valence-corrected chi connectivity index (χ1v) is 8.88. The first-order chi connectivity index (χ1) is 11.4. The number of hydrogen-bond acceptors (Lipinski definition) is 2. The van der Waals surface area contributed by atoms with Gasteiger partial charge in [0.15, 0.2) is 0 Å². The Bertz CT molecular complexity index is 550. The molecule has 2 nitrogen and oxygen atoms in total. The van der Waals surface area contributed by atoms with Gasteiger partial charge in [-0.3, -0.25) is 4.79 Å². The van der Waals surface area contributed by atoms with Crippen LogP contribution < -0.4 is 5.32 Å². The predicted molar refractivity (Wildman–Crippen MR) is 106 cm³/mol. The summed E-state index contributed by atoms with van der Waals surface area (Å²) >= 11 is 0. The van der Waals surface area contributed by atoms with Crippen LogP contribution in [0.2, 0.25) is 0 Å². The van der Waals surface area contributed by atoms with Gasteiger partial charge in [-0.05, 0) is 18.3 Å². The number of Topliss-reactive ketones (excluding diaryl/α,β-unsaturated/α-hetero) is 1. The van der Waals surface area contributed by atoms with E-state index in [2.05, 4.69) is 50.6 Å². The van der Waals surface area contributed by atoms with E-state index in [1.807, 2.05) is 26.0 Å². The maximum Gasteiger partial charge on any atom is 0.208 e. The molecule has 0 unspecified atom stereocenters. The van der Waals surface area contributed by atoms with Gasteiger partial charge >= 0.3 is 0 Å². The molecule has 0 fully saturated rings. The summed E-state index contributed by atoms with van der Waals surface area (Å²) < 4.78 is 0. The summed E-state index contributed by atoms with van der Waals surface area (Å²) in [5.74, 6) is 6.08. The average molecular weight is 328 g/mol. The van der Waals surface area contributed by atoms with Crippen molar-refractivity contribution in [2.75, 3.05) is 6.54 Å². The third kappa shape index (κ3) is 9.20. The van der Waals surface area contributed by atoms with E-state index < -0.39 is 0 Å². The first-order valence-electron chi connectivity index (χ1n) is 8.88. The Kier molecular flexibility index (Phi) is 11.4. The average Bonchev–Trinajstić information content (AvgIpc) is 2.53. The van der Waals surface area contributed by atoms with E-state index in [9.17, 15) is 4.79 Å². The molecule has 0 aromatic heterocycles. The van der Waals surface area contributed by atoms with Crippen LogP contribution in [0.25, 0.3) is 0 Å². The van der Waals surface area contributed by atoms with Crippen LogP contribution in [-0.4, -0.2) is 12.3 Å². The highest BCUT2D eigenvalue weighted by atomic mass is 16.1. The Morgan fingerprint density at radius 1 is 1.21 bits per heavy atom. The molecule has 0 saturated heterocycles. The highest BCUT2D eigenvalue weighted by molar-refractivity contribution is 6.09. The van der Waals surface area contributed by atoms with Crippen molar-refractivity contribution in [3.63, 3.8) is 0 Å². The number of carbonyl (C=O) groups excluding carboxylic acids is 1. The largest absolute Gasteiger partial charge is 0.371 e. The standard InChI is InChI=1S/C22H33NO/c1-7-11-13-17-23-20(18-22(5,6)16-10-4)21(24)19(14-9-3)15-12-8-2/h8,12,14-15,18,23H,2,7,9-10,16-17H2,1,3-6H3/b15-12-,19-14+,20-18+. The van der Waals surface area contributed by atoms with Crippen molar-refractivity contribution in [3.8, 4) is 11.8 Å². The zero-order valence-electron chi connectivity index (χ0n) is 16.0. The SMILES string of the molecule is C=C/C=C\C(=C/CC)C(=O)/C(=C\C(C)(C)CCC)NCC#CCC. The van der Waals surface area contributed by atoms with Crippen LogP contribution in [0.5, 0.6) is 0 Å². The third-order valence-electron chi connectivity index (χ3n) is 3.44. The summed E-state index contributed by atoms with van der Waals surface area (Å²) in [6.45, 7) is 14.7. The Morgan fingerprint density at radius 2 is 1.92 bits per heavy atom. The number of rotatable bonds is 10. The minimum Gasteiger partial charge on any atom is -0.371 e. The fourth-order valence-corrected chi connectivity index (χ4v) is 2.41. The normalized spacial score (nSPS) is 12.7. The van der Waals surface area contributed by atoms with Crippen LogP contribution in [0.1, 0.15) is 60.3 Å². The van der Waals surface area contributed by atoms with Gasteiger partial charge in [0.25, 0.3) is 0 Å². The highest BCUT2D eigenvalue weighted by Crippen LogP contribution is 2.26. The molecule has 0 aromatic rings. The monoisotopic (exact) mass is 327 g/mol. The molecule has 0 aliphatic rings. The third-order valence-corrected chi connectivity index (χ3v) is 3.44. The van der Waals surface area contributed by atoms with Gasteiger partial charge in [-0.25, -0.2) is 0 Å². The summed E-state index contributed by atoms with van der Waals surface area (Å²) in [7, 11) is 0. The molecule has 0 amide bonds. The second kappa shape index (κ2) is 12.4. The Morgan fingerprint density at radius 3 is 2.46 bits per heavy atom. The van der Waals surface area contributed by atoms with Crippen molar-refractivity contribution in [1.29, 1.82) is 0 Å². The summed E-state index contributed by atoms with van der Waals surface area (Å²) in [4.78, 5) is 13.0. The maximum atomic E-state index is 13.0. The number of carbonyl (C=O) groups is 1. The Balaban J connectivity index is 5.60. The molecule has 1 N–H and O–H groups in total. The molecule has 132 valence electrons. The fraction of sp³-hybridized carbons (Fsp3) is 0.500. The lowest BCUT2D eigenvalue weighted by Gasteiger charge is -2.21. The molecule has 0 bridgehead atoms. The van der Waals surface area contributed by atoms with E-state index >= 15 is 0 Å². The van der Waals surface area contributed by atoms with E-state index in [1.54, 1.807) is 12.2 Å². The molecule has 0 spiro atoms. The second-order valence-corrected chi connectivity index (χ2v) is 6.35. The van der Waals surface area contributed by atoms with Gasteiger partial charge in [0.2, 0.25) is 5.78 Å². The van der Waals surface area contributed by atoms with Gasteiger partial charge < -0.3 is 5.32 Å². The van der Waals surface area contributed by atoms with Gasteiger partial charge in [0.1, 0.15) is 0 Å². The van der Waals surface area contributed by atoms with Crippen LogP contribution in [0.15, 0.2) is 48.2 Å². The lowest BCUT2D eigenvalue weighted by Crippen LogP contribution is -2.24. The lowest BCUT2D eigenvalue weighted by atomic mass is 9.86. The van der Waals surface area contributed by atoms with Crippen molar-refractivity contribution >= 4 is 5.78 Å². The summed E-state index contributed by atoms with van der Waals surface area (Å²) in [6, 6.07) is 0. The van der Waals surface area contributed by atoms with Crippen LogP contribution in [0.3, 0.4) is 0 Å². The number of allylic oxidation sites excluding steroid dienone is 6. The predicted octanol–water partition coefficient (Wildman–Crippen LogP) is 5.35. The van der Waals surface area contributed by atoms with E-state index in [1.165, 1.54) is 0 Å². The van der Waals surface area contributed by atoms with E-state index in [0.29, 0.717) is 17.8 Å². The molecule has 0 aliphatic heterocycles. The van der Waals surface area contributed by atoms with Gasteiger partial charge in [-0.2, -0.15) is 0 Å². The highest BCUT2D eigenvalue weighted by Gasteiger charge is 2.19. The molecule has 0 aromatic carbocycles. The fourth-order valence-electron chi connectivity index (χ4n) is 2.41. The smallest absolute Gasteiger partial charge is 0.208 e. The van der Waals surface area contributed by atoms with Gasteiger partial charge in [0, 0.05) is 12.0 Å². The van der Waals surface area contributed by atoms with Crippen LogP contribution in [-0.2, 0) is 4.79 Å². The van der Waals surface area contributed by atoms with Crippen molar-refractivity contribution in [2.45, 2.75) is 60.3 Å². The van der Waals surface area contributed by atoms with Crippen molar-refractivity contribution in [1.82, 2.24) is 5.32 Å². The van der Waals surface area contributed by atoms with Gasteiger partial charge in [-0.1, -0.05) is 83.9 Å². The quantitative estimate of drug-likeness (QED) is 0.333. The molecule has 0 saturated carbocycles. The summed E-state index contributed by atoms with van der Waals surface area (Å²) in [6.07, 6.45) is 13.0. The number of ketones is 1. The molecular formula is C22H33NO. The van der Waals surface area contributed by atoms with Crippen LogP contribution >= 0.6 is 0 Å². The molecule has 0 radical (unpaired) electrons. The molecule has 24 heavy (non-hydrogen) atoms. The molecule has 0 rings (SSSR count). The van der Waals surface area contributed by atoms with Crippen molar-refractivity contribution in [2.24, 2.45) is 5.41 Å². The molecule has 0 aliphatic carbocycles. The minimum atomic E-state index is -0.0373. The zero-order chi connectivity index (χ0) is 18.4. The Labute approximate surface area is 148 Å². The van der Waals surface area contributed by atoms with Crippen molar-refractivity contribution < 1.29 is 4.79 Å². The lowest BCUT2D eigenvalue weighted by molar-refractivity contribution is -0.112. The maximum absolute atomic E-state index is 13.0. The molecular weight excluding hydrogens is 294 g/mol. The summed E-state index contributed by atoms with van der Waals surface area (Å²) in [5.41, 5.74) is 1.28. The minimum absolute atomic E-state index is 0.0115. The number of nitrogens with one attached hydrogen (secondary N) is 1.